The minimum Gasteiger partial charge on any atom is -0.318 e. The van der Waals surface area contributed by atoms with Crippen LogP contribution in [-0.2, 0) is 9.59 Å². The molecule has 0 aliphatic rings. The number of carbonyl (C=O) groups excluding carboxylic acids is 2. The van der Waals surface area contributed by atoms with Gasteiger partial charge in [0.1, 0.15) is 0 Å². The van der Waals surface area contributed by atoms with E-state index < -0.39 is 11.8 Å². The lowest BCUT2D eigenvalue weighted by atomic mass is 10.3. The van der Waals surface area contributed by atoms with Crippen LogP contribution in [0.3, 0.4) is 0 Å². The van der Waals surface area contributed by atoms with Crippen molar-refractivity contribution in [3.63, 3.8) is 0 Å². The third-order valence-corrected chi connectivity index (χ3v) is 2.58. The predicted octanol–water partition coefficient (Wildman–Crippen LogP) is 1.72. The van der Waals surface area contributed by atoms with Crippen LogP contribution in [0, 0.1) is 0 Å². The number of hydrogen-bond donors (Lipinski definition) is 2. The second-order valence-electron chi connectivity index (χ2n) is 3.11. The highest BCUT2D eigenvalue weighted by Crippen LogP contribution is 2.10. The Kier molecular flexibility index (Phi) is 3.46. The average Bonchev–Trinajstić information content (AvgIpc) is 2.83. The van der Waals surface area contributed by atoms with Crippen molar-refractivity contribution in [3.8, 4) is 0 Å². The molecule has 0 unspecified atom stereocenters. The minimum absolute atomic E-state index is 0.401. The smallest absolute Gasteiger partial charge is 0.315 e. The van der Waals surface area contributed by atoms with Gasteiger partial charge in [0.05, 0.1) is 0 Å². The molecular weight excluding hydrogens is 238 g/mol. The fourth-order valence-electron chi connectivity index (χ4n) is 1.15. The first-order valence-corrected chi connectivity index (χ1v) is 5.70. The van der Waals surface area contributed by atoms with Crippen molar-refractivity contribution in [1.29, 1.82) is 0 Å². The SMILES string of the molecule is O=C(Nc1ccccc1)C(=O)Nc1nccs1. The maximum atomic E-state index is 11.5. The first-order chi connectivity index (χ1) is 8.25. The van der Waals surface area contributed by atoms with Crippen molar-refractivity contribution >= 4 is 34.0 Å². The molecule has 0 aliphatic heterocycles. The van der Waals surface area contributed by atoms with Gasteiger partial charge in [0, 0.05) is 17.3 Å². The number of amides is 2. The van der Waals surface area contributed by atoms with Crippen LogP contribution in [0.1, 0.15) is 0 Å². The zero-order valence-corrected chi connectivity index (χ0v) is 9.53. The topological polar surface area (TPSA) is 71.1 Å². The Labute approximate surface area is 102 Å². The van der Waals surface area contributed by atoms with Crippen LogP contribution in [0.5, 0.6) is 0 Å². The van der Waals surface area contributed by atoms with Crippen molar-refractivity contribution in [1.82, 2.24) is 4.98 Å². The first-order valence-electron chi connectivity index (χ1n) is 4.82. The Morgan fingerprint density at radius 2 is 1.76 bits per heavy atom. The van der Waals surface area contributed by atoms with Gasteiger partial charge in [-0.1, -0.05) is 18.2 Å². The summed E-state index contributed by atoms with van der Waals surface area (Å²) in [7, 11) is 0. The molecule has 5 nitrogen and oxygen atoms in total. The number of benzene rings is 1. The Balaban J connectivity index is 1.94. The van der Waals surface area contributed by atoms with Gasteiger partial charge in [-0.2, -0.15) is 0 Å². The van der Waals surface area contributed by atoms with E-state index in [1.165, 1.54) is 11.3 Å². The second kappa shape index (κ2) is 5.22. The minimum atomic E-state index is -0.733. The molecule has 0 radical (unpaired) electrons. The molecule has 6 heteroatoms. The molecule has 1 aromatic carbocycles. The van der Waals surface area contributed by atoms with E-state index in [1.54, 1.807) is 35.8 Å². The van der Waals surface area contributed by atoms with Crippen molar-refractivity contribution in [2.75, 3.05) is 10.6 Å². The predicted molar refractivity (Wildman–Crippen MR) is 65.8 cm³/mol. The van der Waals surface area contributed by atoms with Gasteiger partial charge in [0.25, 0.3) is 0 Å². The molecule has 2 N–H and O–H groups in total. The van der Waals surface area contributed by atoms with E-state index in [1.807, 2.05) is 6.07 Å². The van der Waals surface area contributed by atoms with Crippen molar-refractivity contribution in [3.05, 3.63) is 41.9 Å². The normalized spacial score (nSPS) is 9.65. The van der Waals surface area contributed by atoms with Crippen LogP contribution >= 0.6 is 11.3 Å². The highest BCUT2D eigenvalue weighted by molar-refractivity contribution is 7.13. The molecule has 86 valence electrons. The summed E-state index contributed by atoms with van der Waals surface area (Å²) < 4.78 is 0. The number of rotatable bonds is 2. The number of nitrogens with zero attached hydrogens (tertiary/aromatic N) is 1. The monoisotopic (exact) mass is 247 g/mol. The van der Waals surface area contributed by atoms with E-state index in [-0.39, 0.29) is 0 Å². The summed E-state index contributed by atoms with van der Waals surface area (Å²) in [6.45, 7) is 0. The van der Waals surface area contributed by atoms with Crippen LogP contribution in [0.2, 0.25) is 0 Å². The molecule has 0 saturated carbocycles. The van der Waals surface area contributed by atoms with Gasteiger partial charge in [-0.15, -0.1) is 11.3 Å². The number of anilines is 2. The van der Waals surface area contributed by atoms with Gasteiger partial charge in [-0.05, 0) is 12.1 Å². The molecule has 1 aromatic heterocycles. The lowest BCUT2D eigenvalue weighted by molar-refractivity contribution is -0.132. The Hall–Kier alpha value is -2.21. The highest BCUT2D eigenvalue weighted by atomic mass is 32.1. The molecule has 2 rings (SSSR count). The fourth-order valence-corrected chi connectivity index (χ4v) is 1.67. The van der Waals surface area contributed by atoms with Gasteiger partial charge in [-0.25, -0.2) is 4.98 Å². The summed E-state index contributed by atoms with van der Waals surface area (Å²) in [6.07, 6.45) is 1.55. The Morgan fingerprint density at radius 3 is 2.41 bits per heavy atom. The van der Waals surface area contributed by atoms with E-state index >= 15 is 0 Å². The molecule has 0 spiro atoms. The summed E-state index contributed by atoms with van der Waals surface area (Å²) in [5.74, 6) is -1.45. The molecular formula is C11H9N3O2S. The summed E-state index contributed by atoms with van der Waals surface area (Å²) in [6, 6.07) is 8.77. The molecule has 0 atom stereocenters. The molecule has 1 heterocycles. The zero-order valence-electron chi connectivity index (χ0n) is 8.71. The Bertz CT molecular complexity index is 511. The molecule has 0 bridgehead atoms. The van der Waals surface area contributed by atoms with E-state index in [2.05, 4.69) is 15.6 Å². The largest absolute Gasteiger partial charge is 0.318 e. The Morgan fingerprint density at radius 1 is 1.06 bits per heavy atom. The van der Waals surface area contributed by atoms with Crippen LogP contribution < -0.4 is 10.6 Å². The van der Waals surface area contributed by atoms with Crippen molar-refractivity contribution < 1.29 is 9.59 Å². The number of nitrogens with one attached hydrogen (secondary N) is 2. The molecule has 17 heavy (non-hydrogen) atoms. The number of thiazole rings is 1. The maximum absolute atomic E-state index is 11.5. The van der Waals surface area contributed by atoms with Gasteiger partial charge >= 0.3 is 11.8 Å². The fraction of sp³-hybridized carbons (Fsp3) is 0. The van der Waals surface area contributed by atoms with Crippen LogP contribution in [0.4, 0.5) is 10.8 Å². The van der Waals surface area contributed by atoms with Gasteiger partial charge < -0.3 is 5.32 Å². The summed E-state index contributed by atoms with van der Waals surface area (Å²) in [5, 5.41) is 6.99. The number of hydrogen-bond acceptors (Lipinski definition) is 4. The molecule has 0 saturated heterocycles. The number of aromatic nitrogens is 1. The zero-order chi connectivity index (χ0) is 12.1. The highest BCUT2D eigenvalue weighted by Gasteiger charge is 2.14. The summed E-state index contributed by atoms with van der Waals surface area (Å²) in [4.78, 5) is 26.8. The van der Waals surface area contributed by atoms with E-state index in [0.717, 1.165) is 0 Å². The number of para-hydroxylation sites is 1. The molecule has 0 aliphatic carbocycles. The standard InChI is InChI=1S/C11H9N3O2S/c15-9(13-8-4-2-1-3-5-8)10(16)14-11-12-6-7-17-11/h1-7H,(H,13,15)(H,12,14,16). The molecule has 2 amide bonds. The summed E-state index contributed by atoms with van der Waals surface area (Å²) in [5.41, 5.74) is 0.576. The van der Waals surface area contributed by atoms with Gasteiger partial charge in [0.15, 0.2) is 5.13 Å². The lowest BCUT2D eigenvalue weighted by Crippen LogP contribution is -2.28. The molecule has 0 fully saturated rings. The van der Waals surface area contributed by atoms with E-state index in [0.29, 0.717) is 10.8 Å². The third-order valence-electron chi connectivity index (χ3n) is 1.89. The van der Waals surface area contributed by atoms with Crippen LogP contribution in [0.15, 0.2) is 41.9 Å². The quantitative estimate of drug-likeness (QED) is 0.794. The summed E-state index contributed by atoms with van der Waals surface area (Å²) >= 11 is 1.25. The lowest BCUT2D eigenvalue weighted by Gasteiger charge is -2.03. The van der Waals surface area contributed by atoms with E-state index in [9.17, 15) is 9.59 Å². The molecule has 2 aromatic rings. The average molecular weight is 247 g/mol. The van der Waals surface area contributed by atoms with Crippen molar-refractivity contribution in [2.24, 2.45) is 0 Å². The number of carbonyl (C=O) groups is 2. The second-order valence-corrected chi connectivity index (χ2v) is 4.01. The maximum Gasteiger partial charge on any atom is 0.315 e. The van der Waals surface area contributed by atoms with Gasteiger partial charge in [0.2, 0.25) is 0 Å². The first kappa shape index (κ1) is 11.3. The third kappa shape index (κ3) is 3.12. The van der Waals surface area contributed by atoms with Crippen molar-refractivity contribution in [2.45, 2.75) is 0 Å². The van der Waals surface area contributed by atoms with Crippen LogP contribution in [0.25, 0.3) is 0 Å². The van der Waals surface area contributed by atoms with Crippen LogP contribution in [-0.4, -0.2) is 16.8 Å². The van der Waals surface area contributed by atoms with Gasteiger partial charge in [-0.3, -0.25) is 14.9 Å². The van der Waals surface area contributed by atoms with E-state index in [4.69, 9.17) is 0 Å².